The number of hydrogen-bond acceptors (Lipinski definition) is 5. The molecule has 1 aliphatic rings. The van der Waals surface area contributed by atoms with E-state index in [9.17, 15) is 0 Å². The lowest BCUT2D eigenvalue weighted by Crippen LogP contribution is -2.28. The molecule has 1 saturated heterocycles. The van der Waals surface area contributed by atoms with Gasteiger partial charge in [0.2, 0.25) is 5.95 Å². The molecule has 0 radical (unpaired) electrons. The van der Waals surface area contributed by atoms with E-state index in [4.69, 9.17) is 4.74 Å². The van der Waals surface area contributed by atoms with E-state index in [1.807, 2.05) is 53.0 Å². The van der Waals surface area contributed by atoms with Gasteiger partial charge in [0, 0.05) is 24.9 Å². The minimum atomic E-state index is 0.420. The van der Waals surface area contributed by atoms with E-state index in [0.29, 0.717) is 12.0 Å². The van der Waals surface area contributed by atoms with E-state index in [-0.39, 0.29) is 0 Å². The van der Waals surface area contributed by atoms with E-state index < -0.39 is 0 Å². The lowest BCUT2D eigenvalue weighted by Gasteiger charge is -2.24. The zero-order chi connectivity index (χ0) is 15.5. The second-order valence-electron chi connectivity index (χ2n) is 5.64. The number of benzene rings is 1. The van der Waals surface area contributed by atoms with Crippen LogP contribution >= 0.6 is 0 Å². The van der Waals surface area contributed by atoms with E-state index in [0.717, 1.165) is 43.2 Å². The second-order valence-corrected chi connectivity index (χ2v) is 5.64. The molecule has 6 heteroatoms. The first-order valence-electron chi connectivity index (χ1n) is 7.91. The molecule has 1 aliphatic heterocycles. The van der Waals surface area contributed by atoms with Gasteiger partial charge in [-0.1, -0.05) is 24.3 Å². The highest BCUT2D eigenvalue weighted by Gasteiger charge is 2.15. The fourth-order valence-electron chi connectivity index (χ4n) is 2.77. The third-order valence-electron chi connectivity index (χ3n) is 3.96. The molecule has 2 aromatic heterocycles. The summed E-state index contributed by atoms with van der Waals surface area (Å²) in [5.41, 5.74) is 1.79. The molecule has 3 aromatic rings. The summed E-state index contributed by atoms with van der Waals surface area (Å²) in [6.45, 7) is 1.62. The molecular weight excluding hydrogens is 290 g/mol. The van der Waals surface area contributed by atoms with Crippen LogP contribution in [-0.2, 0) is 4.74 Å². The Morgan fingerprint density at radius 3 is 2.65 bits per heavy atom. The van der Waals surface area contributed by atoms with Gasteiger partial charge in [-0.2, -0.15) is 9.50 Å². The minimum Gasteiger partial charge on any atom is -0.381 e. The van der Waals surface area contributed by atoms with Gasteiger partial charge >= 0.3 is 0 Å². The van der Waals surface area contributed by atoms with Crippen LogP contribution < -0.4 is 10.6 Å². The van der Waals surface area contributed by atoms with Gasteiger partial charge in [0.15, 0.2) is 5.65 Å². The van der Waals surface area contributed by atoms with Crippen LogP contribution in [0.3, 0.4) is 0 Å². The number of hydrogen-bond donors (Lipinski definition) is 2. The predicted octanol–water partition coefficient (Wildman–Crippen LogP) is 3.06. The molecule has 4 rings (SSSR count). The van der Waals surface area contributed by atoms with Crippen molar-refractivity contribution in [2.75, 3.05) is 23.8 Å². The largest absolute Gasteiger partial charge is 0.381 e. The first-order valence-corrected chi connectivity index (χ1v) is 7.91. The topological polar surface area (TPSA) is 63.5 Å². The van der Waals surface area contributed by atoms with Gasteiger partial charge < -0.3 is 15.4 Å². The standard InChI is InChI=1S/C17H19N5O/c1-2-5-13(6-3-1)19-17-20-16-8-4-7-15(22(16)21-17)18-14-9-11-23-12-10-14/h1-8,14,18H,9-12H2,(H,19,21). The van der Waals surface area contributed by atoms with Gasteiger partial charge in [0.1, 0.15) is 5.82 Å². The Kier molecular flexibility index (Phi) is 3.81. The summed E-state index contributed by atoms with van der Waals surface area (Å²) in [6.07, 6.45) is 2.03. The monoisotopic (exact) mass is 309 g/mol. The van der Waals surface area contributed by atoms with Crippen molar-refractivity contribution in [3.05, 3.63) is 48.5 Å². The number of para-hydroxylation sites is 1. The molecule has 23 heavy (non-hydrogen) atoms. The van der Waals surface area contributed by atoms with Crippen LogP contribution in [0.2, 0.25) is 0 Å². The van der Waals surface area contributed by atoms with Crippen molar-refractivity contribution in [2.24, 2.45) is 0 Å². The first-order chi connectivity index (χ1) is 11.4. The number of rotatable bonds is 4. The van der Waals surface area contributed by atoms with Crippen molar-refractivity contribution in [1.82, 2.24) is 14.6 Å². The molecule has 0 amide bonds. The van der Waals surface area contributed by atoms with Crippen LogP contribution in [0.5, 0.6) is 0 Å². The molecular formula is C17H19N5O. The second kappa shape index (κ2) is 6.26. The molecule has 1 aromatic carbocycles. The highest BCUT2D eigenvalue weighted by Crippen LogP contribution is 2.19. The summed E-state index contributed by atoms with van der Waals surface area (Å²) < 4.78 is 7.26. The van der Waals surface area contributed by atoms with Gasteiger partial charge in [-0.25, -0.2) is 0 Å². The molecule has 118 valence electrons. The Morgan fingerprint density at radius 1 is 1.00 bits per heavy atom. The molecule has 0 atom stereocenters. The van der Waals surface area contributed by atoms with Crippen LogP contribution in [-0.4, -0.2) is 33.9 Å². The van der Waals surface area contributed by atoms with Crippen molar-refractivity contribution in [3.63, 3.8) is 0 Å². The maximum Gasteiger partial charge on any atom is 0.247 e. The number of nitrogens with one attached hydrogen (secondary N) is 2. The van der Waals surface area contributed by atoms with Crippen molar-refractivity contribution in [3.8, 4) is 0 Å². The first kappa shape index (κ1) is 14.0. The summed E-state index contributed by atoms with van der Waals surface area (Å²) in [4.78, 5) is 4.54. The molecule has 3 heterocycles. The maximum absolute atomic E-state index is 5.41. The number of pyridine rings is 1. The average Bonchev–Trinajstić information content (AvgIpc) is 3.00. The Morgan fingerprint density at radius 2 is 1.83 bits per heavy atom. The average molecular weight is 309 g/mol. The number of anilines is 3. The maximum atomic E-state index is 5.41. The van der Waals surface area contributed by atoms with Crippen LogP contribution in [0, 0.1) is 0 Å². The van der Waals surface area contributed by atoms with E-state index in [1.165, 1.54) is 0 Å². The van der Waals surface area contributed by atoms with Gasteiger partial charge in [-0.15, -0.1) is 5.10 Å². The summed E-state index contributed by atoms with van der Waals surface area (Å²) in [5, 5.41) is 11.4. The van der Waals surface area contributed by atoms with Crippen LogP contribution in [0.25, 0.3) is 5.65 Å². The Labute approximate surface area is 134 Å². The number of aromatic nitrogens is 3. The summed E-state index contributed by atoms with van der Waals surface area (Å²) >= 11 is 0. The summed E-state index contributed by atoms with van der Waals surface area (Å²) in [5.74, 6) is 1.56. The SMILES string of the molecule is c1ccc(Nc2nc3cccc(NC4CCOCC4)n3n2)cc1. The Bertz CT molecular complexity index is 780. The zero-order valence-electron chi connectivity index (χ0n) is 12.8. The Balaban J connectivity index is 1.59. The van der Waals surface area contributed by atoms with Crippen molar-refractivity contribution < 1.29 is 4.74 Å². The molecule has 0 saturated carbocycles. The fourth-order valence-corrected chi connectivity index (χ4v) is 2.77. The van der Waals surface area contributed by atoms with E-state index in [2.05, 4.69) is 20.7 Å². The van der Waals surface area contributed by atoms with Crippen molar-refractivity contribution in [1.29, 1.82) is 0 Å². The highest BCUT2D eigenvalue weighted by atomic mass is 16.5. The molecule has 0 unspecified atom stereocenters. The summed E-state index contributed by atoms with van der Waals surface area (Å²) in [6, 6.07) is 16.3. The van der Waals surface area contributed by atoms with E-state index in [1.54, 1.807) is 0 Å². The minimum absolute atomic E-state index is 0.420. The third-order valence-corrected chi connectivity index (χ3v) is 3.96. The van der Waals surface area contributed by atoms with Gasteiger partial charge in [0.25, 0.3) is 0 Å². The molecule has 0 bridgehead atoms. The Hall–Kier alpha value is -2.60. The van der Waals surface area contributed by atoms with Crippen molar-refractivity contribution in [2.45, 2.75) is 18.9 Å². The van der Waals surface area contributed by atoms with E-state index >= 15 is 0 Å². The lowest BCUT2D eigenvalue weighted by atomic mass is 10.1. The third kappa shape index (κ3) is 3.12. The van der Waals surface area contributed by atoms with Gasteiger partial charge in [-0.05, 0) is 37.1 Å². The number of fused-ring (bicyclic) bond motifs is 1. The molecule has 0 aliphatic carbocycles. The molecule has 0 spiro atoms. The predicted molar refractivity (Wildman–Crippen MR) is 90.2 cm³/mol. The molecule has 6 nitrogen and oxygen atoms in total. The smallest absolute Gasteiger partial charge is 0.247 e. The van der Waals surface area contributed by atoms with Gasteiger partial charge in [0.05, 0.1) is 0 Å². The quantitative estimate of drug-likeness (QED) is 0.775. The normalized spacial score (nSPS) is 15.7. The van der Waals surface area contributed by atoms with Crippen LogP contribution in [0.4, 0.5) is 17.5 Å². The number of ether oxygens (including phenoxy) is 1. The zero-order valence-corrected chi connectivity index (χ0v) is 12.8. The molecule has 1 fully saturated rings. The number of nitrogens with zero attached hydrogens (tertiary/aromatic N) is 3. The van der Waals surface area contributed by atoms with Crippen molar-refractivity contribution >= 4 is 23.1 Å². The lowest BCUT2D eigenvalue weighted by molar-refractivity contribution is 0.0903. The van der Waals surface area contributed by atoms with Crippen LogP contribution in [0.1, 0.15) is 12.8 Å². The highest BCUT2D eigenvalue weighted by molar-refractivity contribution is 5.57. The van der Waals surface area contributed by atoms with Crippen LogP contribution in [0.15, 0.2) is 48.5 Å². The molecule has 2 N–H and O–H groups in total. The van der Waals surface area contributed by atoms with Gasteiger partial charge in [-0.3, -0.25) is 0 Å². The summed E-state index contributed by atoms with van der Waals surface area (Å²) in [7, 11) is 0. The fraction of sp³-hybridized carbons (Fsp3) is 0.294.